The number of aromatic nitrogens is 1. The molecular formula is C30H37F4N5O4S. The Morgan fingerprint density at radius 1 is 1.11 bits per heavy atom. The van der Waals surface area contributed by atoms with Gasteiger partial charge in [0, 0.05) is 42.9 Å². The number of anilines is 2. The molecule has 1 aliphatic rings. The lowest BCUT2D eigenvalue weighted by molar-refractivity contribution is -0.140. The maximum atomic E-state index is 13.6. The number of ether oxygens (including phenoxy) is 2. The second kappa shape index (κ2) is 14.5. The zero-order valence-electron chi connectivity index (χ0n) is 24.6. The molecule has 0 atom stereocenters. The summed E-state index contributed by atoms with van der Waals surface area (Å²) in [6, 6.07) is 11.2. The minimum Gasteiger partial charge on any atom is -0.461 e. The number of nitrogens with two attached hydrogens (primary N) is 1. The summed E-state index contributed by atoms with van der Waals surface area (Å²) in [7, 11) is -0.256. The molecule has 14 heteroatoms. The molecule has 0 aliphatic heterocycles. The van der Waals surface area contributed by atoms with E-state index in [4.69, 9.17) is 14.6 Å². The Kier molecular flexibility index (Phi) is 11.0. The molecule has 1 saturated carbocycles. The summed E-state index contributed by atoms with van der Waals surface area (Å²) in [4.78, 5) is 2.05. The SMILES string of the molecule is COCCN(C)[C@H]1CC[C@@H](Nc2cccc3c2cc(C#CCNc2ccc(S(N)(=O)=O)cc2OCF)n3CC(F)(F)F)CC1. The maximum absolute atomic E-state index is 13.6. The van der Waals surface area contributed by atoms with Gasteiger partial charge in [-0.2, -0.15) is 13.2 Å². The molecule has 0 spiro atoms. The third kappa shape index (κ3) is 8.78. The second-order valence-corrected chi connectivity index (χ2v) is 12.3. The Balaban J connectivity index is 1.53. The number of nitrogens with one attached hydrogen (secondary N) is 2. The first-order valence-electron chi connectivity index (χ1n) is 14.1. The highest BCUT2D eigenvalue weighted by Gasteiger charge is 2.30. The van der Waals surface area contributed by atoms with Crippen molar-refractivity contribution in [2.75, 3.05) is 51.3 Å². The summed E-state index contributed by atoms with van der Waals surface area (Å²) in [6.45, 7) is -0.926. The molecule has 0 saturated heterocycles. The molecule has 1 aromatic heterocycles. The molecule has 4 rings (SSSR count). The van der Waals surface area contributed by atoms with Gasteiger partial charge >= 0.3 is 6.18 Å². The molecule has 1 heterocycles. The Morgan fingerprint density at radius 2 is 1.86 bits per heavy atom. The van der Waals surface area contributed by atoms with E-state index >= 15 is 0 Å². The summed E-state index contributed by atoms with van der Waals surface area (Å²) < 4.78 is 88.2. The summed E-state index contributed by atoms with van der Waals surface area (Å²) >= 11 is 0. The Morgan fingerprint density at radius 3 is 2.52 bits per heavy atom. The molecule has 2 aromatic carbocycles. The van der Waals surface area contributed by atoms with Gasteiger partial charge in [-0.05, 0) is 69.0 Å². The molecule has 4 N–H and O–H groups in total. The number of benzene rings is 2. The normalized spacial score (nSPS) is 17.4. The predicted molar refractivity (Wildman–Crippen MR) is 162 cm³/mol. The molecule has 0 radical (unpaired) electrons. The molecule has 3 aromatic rings. The average molecular weight is 640 g/mol. The van der Waals surface area contributed by atoms with Gasteiger partial charge in [0.1, 0.15) is 12.3 Å². The number of primary sulfonamides is 1. The van der Waals surface area contributed by atoms with Gasteiger partial charge in [0.15, 0.2) is 0 Å². The van der Waals surface area contributed by atoms with E-state index in [1.807, 2.05) is 6.07 Å². The number of hydrogen-bond acceptors (Lipinski definition) is 7. The third-order valence-corrected chi connectivity index (χ3v) is 8.60. The lowest BCUT2D eigenvalue weighted by atomic mass is 9.90. The lowest BCUT2D eigenvalue weighted by Gasteiger charge is -2.35. The number of nitrogens with zero attached hydrogens (tertiary/aromatic N) is 2. The molecule has 1 aliphatic carbocycles. The topological polar surface area (TPSA) is 111 Å². The van der Waals surface area contributed by atoms with Crippen molar-refractivity contribution in [3.63, 3.8) is 0 Å². The molecule has 0 unspecified atom stereocenters. The molecule has 0 bridgehead atoms. The van der Waals surface area contributed by atoms with Crippen LogP contribution in [-0.4, -0.2) is 76.9 Å². The van der Waals surface area contributed by atoms with Crippen LogP contribution in [0, 0.1) is 11.8 Å². The molecule has 0 amide bonds. The van der Waals surface area contributed by atoms with Crippen LogP contribution in [-0.2, 0) is 21.3 Å². The van der Waals surface area contributed by atoms with Crippen LogP contribution >= 0.6 is 0 Å². The van der Waals surface area contributed by atoms with Crippen LogP contribution in [0.4, 0.5) is 28.9 Å². The van der Waals surface area contributed by atoms with E-state index < -0.39 is 29.6 Å². The highest BCUT2D eigenvalue weighted by atomic mass is 32.2. The van der Waals surface area contributed by atoms with Gasteiger partial charge in [-0.15, -0.1) is 0 Å². The van der Waals surface area contributed by atoms with E-state index in [0.29, 0.717) is 23.6 Å². The van der Waals surface area contributed by atoms with Crippen molar-refractivity contribution < 1.29 is 35.5 Å². The highest BCUT2D eigenvalue weighted by Crippen LogP contribution is 2.33. The van der Waals surface area contributed by atoms with E-state index in [1.54, 1.807) is 25.3 Å². The van der Waals surface area contributed by atoms with E-state index in [-0.39, 0.29) is 34.6 Å². The number of sulfonamides is 1. The first-order valence-corrected chi connectivity index (χ1v) is 15.7. The zero-order chi connectivity index (χ0) is 31.9. The predicted octanol–water partition coefficient (Wildman–Crippen LogP) is 4.92. The van der Waals surface area contributed by atoms with Gasteiger partial charge in [-0.25, -0.2) is 17.9 Å². The molecular weight excluding hydrogens is 602 g/mol. The quantitative estimate of drug-likeness (QED) is 0.191. The molecule has 240 valence electrons. The van der Waals surface area contributed by atoms with Crippen LogP contribution in [0.3, 0.4) is 0 Å². The summed E-state index contributed by atoms with van der Waals surface area (Å²) in [6.07, 6.45) is -0.579. The molecule has 9 nitrogen and oxygen atoms in total. The maximum Gasteiger partial charge on any atom is 0.406 e. The molecule has 44 heavy (non-hydrogen) atoms. The Bertz CT molecular complexity index is 1590. The summed E-state index contributed by atoms with van der Waals surface area (Å²) in [5.74, 6) is 5.53. The fourth-order valence-corrected chi connectivity index (χ4v) is 5.97. The van der Waals surface area contributed by atoms with Gasteiger partial charge in [0.2, 0.25) is 16.9 Å². The van der Waals surface area contributed by atoms with Crippen molar-refractivity contribution in [3.05, 3.63) is 48.2 Å². The minimum absolute atomic E-state index is 0.0436. The van der Waals surface area contributed by atoms with Crippen molar-refractivity contribution in [2.24, 2.45) is 5.14 Å². The Hall–Kier alpha value is -3.51. The number of likely N-dealkylation sites (N-methyl/N-ethyl adjacent to an activating group) is 1. The zero-order valence-corrected chi connectivity index (χ0v) is 25.4. The van der Waals surface area contributed by atoms with Crippen LogP contribution in [0.1, 0.15) is 31.4 Å². The van der Waals surface area contributed by atoms with Crippen LogP contribution in [0.25, 0.3) is 10.9 Å². The van der Waals surface area contributed by atoms with Crippen LogP contribution in [0.5, 0.6) is 5.75 Å². The average Bonchev–Trinajstić information content (AvgIpc) is 3.31. The number of methoxy groups -OCH3 is 1. The van der Waals surface area contributed by atoms with Crippen molar-refractivity contribution >= 4 is 32.3 Å². The van der Waals surface area contributed by atoms with E-state index in [0.717, 1.165) is 48.5 Å². The Labute approximate surface area is 254 Å². The van der Waals surface area contributed by atoms with Gasteiger partial charge in [-0.1, -0.05) is 12.0 Å². The van der Waals surface area contributed by atoms with Crippen LogP contribution in [0.2, 0.25) is 0 Å². The van der Waals surface area contributed by atoms with E-state index in [1.165, 1.54) is 12.1 Å². The molecule has 1 fully saturated rings. The standard InChI is InChI=1S/C30H37F4N5O4S/c1-38(15-16-42-2)22-10-8-21(9-11-22)37-26-6-3-7-28-25(26)17-23(39(28)19-30(32,33)34)5-4-14-36-27-13-12-24(44(35,40)41)18-29(27)43-20-31/h3,6-7,12-13,17-18,21-22,36-37H,8-11,14-16,19-20H2,1-2H3,(H2,35,40,41)/t21-,22+. The van der Waals surface area contributed by atoms with Crippen molar-refractivity contribution in [3.8, 4) is 17.6 Å². The number of rotatable bonds is 12. The van der Waals surface area contributed by atoms with Crippen LogP contribution in [0.15, 0.2) is 47.4 Å². The minimum atomic E-state index is -4.47. The largest absolute Gasteiger partial charge is 0.461 e. The van der Waals surface area contributed by atoms with E-state index in [9.17, 15) is 26.0 Å². The number of halogens is 4. The van der Waals surface area contributed by atoms with Gasteiger partial charge in [0.05, 0.1) is 34.9 Å². The second-order valence-electron chi connectivity index (χ2n) is 10.7. The van der Waals surface area contributed by atoms with Gasteiger partial charge < -0.3 is 29.6 Å². The number of fused-ring (bicyclic) bond motifs is 1. The monoisotopic (exact) mass is 639 g/mol. The lowest BCUT2D eigenvalue weighted by Crippen LogP contribution is -2.39. The highest BCUT2D eigenvalue weighted by molar-refractivity contribution is 7.89. The fraction of sp³-hybridized carbons (Fsp3) is 0.467. The van der Waals surface area contributed by atoms with Crippen LogP contribution < -0.4 is 20.5 Å². The van der Waals surface area contributed by atoms with Gasteiger partial charge in [-0.3, -0.25) is 0 Å². The number of hydrogen-bond donors (Lipinski definition) is 3. The first-order chi connectivity index (χ1) is 20.9. The summed E-state index contributed by atoms with van der Waals surface area (Å²) in [5.41, 5.74) is 1.59. The van der Waals surface area contributed by atoms with E-state index in [2.05, 4.69) is 34.4 Å². The summed E-state index contributed by atoms with van der Waals surface area (Å²) in [5, 5.41) is 12.2. The first kappa shape index (κ1) is 33.4. The fourth-order valence-electron chi connectivity index (χ4n) is 5.44. The number of alkyl halides is 4. The van der Waals surface area contributed by atoms with Crippen molar-refractivity contribution in [2.45, 2.75) is 55.4 Å². The van der Waals surface area contributed by atoms with Crippen molar-refractivity contribution in [1.29, 1.82) is 0 Å². The van der Waals surface area contributed by atoms with Crippen molar-refractivity contribution in [1.82, 2.24) is 9.47 Å². The van der Waals surface area contributed by atoms with Gasteiger partial charge in [0.25, 0.3) is 0 Å². The smallest absolute Gasteiger partial charge is 0.406 e. The third-order valence-electron chi connectivity index (χ3n) is 7.69.